The van der Waals surface area contributed by atoms with Gasteiger partial charge in [-0.05, 0) is 166 Å². The molecule has 0 unspecified atom stereocenters. The van der Waals surface area contributed by atoms with Crippen molar-refractivity contribution in [3.05, 3.63) is 231 Å². The van der Waals surface area contributed by atoms with E-state index in [0.717, 1.165) is 0 Å². The topological polar surface area (TPSA) is 0 Å². The van der Waals surface area contributed by atoms with Gasteiger partial charge in [0.1, 0.15) is 0 Å². The first-order chi connectivity index (χ1) is 31.8. The molecule has 0 fully saturated rings. The van der Waals surface area contributed by atoms with Crippen LogP contribution in [-0.2, 0) is 0 Å². The Kier molecular flexibility index (Phi) is 7.49. The fraction of sp³-hybridized carbons (Fsp3) is 0. The monoisotopic (exact) mass is 806 g/mol. The Labute approximate surface area is 370 Å². The first-order valence-corrected chi connectivity index (χ1v) is 22.3. The summed E-state index contributed by atoms with van der Waals surface area (Å²) < 4.78 is 0. The van der Waals surface area contributed by atoms with Crippen molar-refractivity contribution >= 4 is 86.2 Å². The van der Waals surface area contributed by atoms with E-state index < -0.39 is 0 Å². The number of rotatable bonds is 5. The first kappa shape index (κ1) is 35.3. The molecule has 0 bridgehead atoms. The van der Waals surface area contributed by atoms with E-state index in [4.69, 9.17) is 0 Å². The SMILES string of the molecule is c1ccc(-c2cc(-c3ccccc3)c3cc(-c4ccc5c6c(-c7ccccc7)c7c(cc8c9ccccc9c9cccc7c98)c(-c7ccccc7)c6c6cccc4c65)ccc3c2)cc1. The Bertz CT molecular complexity index is 4130. The Morgan fingerprint density at radius 2 is 0.688 bits per heavy atom. The molecular weight excluding hydrogens is 769 g/mol. The molecule has 14 aromatic rings. The van der Waals surface area contributed by atoms with E-state index in [0.29, 0.717) is 0 Å². The van der Waals surface area contributed by atoms with Crippen LogP contribution in [0, 0.1) is 0 Å². The minimum Gasteiger partial charge on any atom is -0.0622 e. The smallest absolute Gasteiger partial charge is 0.000719 e. The molecule has 0 spiro atoms. The van der Waals surface area contributed by atoms with E-state index in [-0.39, 0.29) is 0 Å². The third kappa shape index (κ3) is 5.00. The van der Waals surface area contributed by atoms with Crippen molar-refractivity contribution in [1.29, 1.82) is 0 Å². The maximum Gasteiger partial charge on any atom is -0.000719 e. The van der Waals surface area contributed by atoms with Crippen molar-refractivity contribution in [3.8, 4) is 55.6 Å². The molecule has 0 amide bonds. The molecular formula is C64H38. The van der Waals surface area contributed by atoms with Crippen LogP contribution in [-0.4, -0.2) is 0 Å². The zero-order valence-electron chi connectivity index (χ0n) is 34.9. The number of fused-ring (bicyclic) bond motifs is 9. The maximum absolute atomic E-state index is 2.53. The third-order valence-electron chi connectivity index (χ3n) is 14.1. The minimum atomic E-state index is 1.22. The average molecular weight is 807 g/mol. The second-order valence-electron chi connectivity index (χ2n) is 17.4. The van der Waals surface area contributed by atoms with Crippen molar-refractivity contribution in [2.45, 2.75) is 0 Å². The first-order valence-electron chi connectivity index (χ1n) is 22.3. The lowest BCUT2D eigenvalue weighted by Crippen LogP contribution is -1.91. The van der Waals surface area contributed by atoms with E-state index in [9.17, 15) is 0 Å². The van der Waals surface area contributed by atoms with Crippen LogP contribution in [0.4, 0.5) is 0 Å². The van der Waals surface area contributed by atoms with Gasteiger partial charge in [-0.15, -0.1) is 0 Å². The van der Waals surface area contributed by atoms with E-state index in [1.54, 1.807) is 0 Å². The van der Waals surface area contributed by atoms with Gasteiger partial charge in [-0.2, -0.15) is 0 Å². The van der Waals surface area contributed by atoms with E-state index in [2.05, 4.69) is 231 Å². The predicted molar refractivity (Wildman–Crippen MR) is 276 cm³/mol. The highest BCUT2D eigenvalue weighted by molar-refractivity contribution is 6.45. The van der Waals surface area contributed by atoms with Crippen LogP contribution in [0.5, 0.6) is 0 Å². The molecule has 0 nitrogen and oxygen atoms in total. The summed E-state index contributed by atoms with van der Waals surface area (Å²) in [5.41, 5.74) is 12.5. The molecule has 0 aliphatic rings. The fourth-order valence-corrected chi connectivity index (χ4v) is 11.4. The van der Waals surface area contributed by atoms with Gasteiger partial charge in [-0.3, -0.25) is 0 Å². The van der Waals surface area contributed by atoms with Gasteiger partial charge in [0.2, 0.25) is 0 Å². The van der Waals surface area contributed by atoms with Gasteiger partial charge in [0, 0.05) is 0 Å². The second kappa shape index (κ2) is 13.6. The van der Waals surface area contributed by atoms with Gasteiger partial charge in [0.15, 0.2) is 0 Å². The molecule has 0 aromatic heterocycles. The molecule has 0 radical (unpaired) electrons. The van der Waals surface area contributed by atoms with Crippen molar-refractivity contribution in [1.82, 2.24) is 0 Å². The van der Waals surface area contributed by atoms with Gasteiger partial charge >= 0.3 is 0 Å². The minimum absolute atomic E-state index is 1.22. The lowest BCUT2D eigenvalue weighted by molar-refractivity contribution is 1.61. The molecule has 294 valence electrons. The Morgan fingerprint density at radius 1 is 0.172 bits per heavy atom. The van der Waals surface area contributed by atoms with Gasteiger partial charge in [-0.1, -0.05) is 206 Å². The number of hydrogen-bond donors (Lipinski definition) is 0. The Hall–Kier alpha value is -8.32. The van der Waals surface area contributed by atoms with Crippen LogP contribution in [0.15, 0.2) is 231 Å². The summed E-state index contributed by atoms with van der Waals surface area (Å²) in [6.07, 6.45) is 0. The molecule has 0 saturated carbocycles. The van der Waals surface area contributed by atoms with Gasteiger partial charge in [0.25, 0.3) is 0 Å². The third-order valence-corrected chi connectivity index (χ3v) is 14.1. The van der Waals surface area contributed by atoms with E-state index >= 15 is 0 Å². The largest absolute Gasteiger partial charge is 0.0622 e. The number of benzene rings is 12. The summed E-state index contributed by atoms with van der Waals surface area (Å²) in [7, 11) is 0. The highest BCUT2D eigenvalue weighted by Gasteiger charge is 2.27. The van der Waals surface area contributed by atoms with Gasteiger partial charge in [0.05, 0.1) is 0 Å². The summed E-state index contributed by atoms with van der Waals surface area (Å²) in [5, 5.41) is 20.9. The van der Waals surface area contributed by atoms with Crippen molar-refractivity contribution in [2.24, 2.45) is 0 Å². The van der Waals surface area contributed by atoms with Crippen molar-refractivity contribution in [2.75, 3.05) is 0 Å². The lowest BCUT2D eigenvalue weighted by atomic mass is 9.84. The van der Waals surface area contributed by atoms with E-state index in [1.807, 2.05) is 0 Å². The standard InChI is InChI=1S/C64H38/c1-5-17-39(18-6-1)45-35-43-31-32-44(36-55(43)54(37-45)40-19-7-2-8-20-40)46-33-34-53-60-49(46)27-15-30-52(60)63-58(41-21-9-3-10-22-41)57-38-56-48-26-14-13-25-47(48)50-28-16-29-51(61(50)56)62(57)59(64(53)63)42-23-11-4-12-24-42/h1-38H. The Morgan fingerprint density at radius 3 is 1.39 bits per heavy atom. The normalized spacial score (nSPS) is 12.1. The molecule has 0 heterocycles. The Balaban J connectivity index is 1.12. The zero-order valence-corrected chi connectivity index (χ0v) is 34.9. The van der Waals surface area contributed by atoms with Gasteiger partial charge in [-0.25, -0.2) is 0 Å². The molecule has 14 rings (SSSR count). The quantitative estimate of drug-likeness (QED) is 0.152. The highest BCUT2D eigenvalue weighted by atomic mass is 14.3. The van der Waals surface area contributed by atoms with Crippen LogP contribution in [0.1, 0.15) is 0 Å². The average Bonchev–Trinajstić information content (AvgIpc) is 3.88. The molecule has 0 N–H and O–H groups in total. The van der Waals surface area contributed by atoms with Crippen LogP contribution >= 0.6 is 0 Å². The summed E-state index contributed by atoms with van der Waals surface area (Å²) in [6, 6.07) is 86.0. The molecule has 0 aliphatic carbocycles. The van der Waals surface area contributed by atoms with Crippen LogP contribution in [0.25, 0.3) is 142 Å². The summed E-state index contributed by atoms with van der Waals surface area (Å²) in [4.78, 5) is 0. The fourth-order valence-electron chi connectivity index (χ4n) is 11.4. The summed E-state index contributed by atoms with van der Waals surface area (Å²) in [6.45, 7) is 0. The highest BCUT2D eigenvalue weighted by Crippen LogP contribution is 2.55. The van der Waals surface area contributed by atoms with Crippen LogP contribution < -0.4 is 0 Å². The zero-order chi connectivity index (χ0) is 41.9. The maximum atomic E-state index is 2.53. The number of hydrogen-bond acceptors (Lipinski definition) is 0. The molecule has 14 aromatic carbocycles. The summed E-state index contributed by atoms with van der Waals surface area (Å²) in [5.74, 6) is 0. The molecule has 0 aliphatic heterocycles. The molecule has 0 heteroatoms. The van der Waals surface area contributed by atoms with Crippen molar-refractivity contribution < 1.29 is 0 Å². The molecule has 0 atom stereocenters. The van der Waals surface area contributed by atoms with Gasteiger partial charge < -0.3 is 0 Å². The van der Waals surface area contributed by atoms with Crippen LogP contribution in [0.3, 0.4) is 0 Å². The summed E-state index contributed by atoms with van der Waals surface area (Å²) >= 11 is 0. The van der Waals surface area contributed by atoms with Crippen molar-refractivity contribution in [3.63, 3.8) is 0 Å². The predicted octanol–water partition coefficient (Wildman–Crippen LogP) is 18.1. The molecule has 64 heavy (non-hydrogen) atoms. The lowest BCUT2D eigenvalue weighted by Gasteiger charge is -2.19. The molecule has 0 saturated heterocycles. The van der Waals surface area contributed by atoms with Crippen LogP contribution in [0.2, 0.25) is 0 Å². The van der Waals surface area contributed by atoms with E-state index in [1.165, 1.54) is 142 Å². The second-order valence-corrected chi connectivity index (χ2v) is 17.4.